The number of fused-ring (bicyclic) bond motifs is 1. The maximum absolute atomic E-state index is 11.9. The van der Waals surface area contributed by atoms with Crippen molar-refractivity contribution in [3.05, 3.63) is 64.5 Å². The van der Waals surface area contributed by atoms with Crippen LogP contribution in [0, 0.1) is 0 Å². The molecule has 1 unspecified atom stereocenters. The first-order chi connectivity index (χ1) is 11.6. The number of halogens is 1. The van der Waals surface area contributed by atoms with Crippen LogP contribution >= 0.6 is 22.9 Å². The number of thiophene rings is 1. The average molecular weight is 362 g/mol. The van der Waals surface area contributed by atoms with Gasteiger partial charge >= 0.3 is 0 Å². The summed E-state index contributed by atoms with van der Waals surface area (Å²) in [7, 11) is 0. The number of rotatable bonds is 6. The van der Waals surface area contributed by atoms with E-state index in [1.807, 2.05) is 29.6 Å². The van der Waals surface area contributed by atoms with E-state index in [-0.39, 0.29) is 19.1 Å². The van der Waals surface area contributed by atoms with Gasteiger partial charge in [0.05, 0.1) is 6.10 Å². The number of aliphatic hydroxyl groups excluding tert-OH is 1. The molecule has 0 aliphatic heterocycles. The van der Waals surface area contributed by atoms with Crippen LogP contribution in [0.4, 0.5) is 0 Å². The summed E-state index contributed by atoms with van der Waals surface area (Å²) < 4.78 is 6.48. The molecule has 0 radical (unpaired) electrons. The Morgan fingerprint density at radius 1 is 1.21 bits per heavy atom. The quantitative estimate of drug-likeness (QED) is 0.702. The fraction of sp³-hybridized carbons (Fsp3) is 0.167. The number of nitrogens with one attached hydrogen (secondary N) is 1. The Bertz CT molecular complexity index is 832. The first-order valence-electron chi connectivity index (χ1n) is 7.43. The Morgan fingerprint density at radius 2 is 1.96 bits per heavy atom. The van der Waals surface area contributed by atoms with E-state index < -0.39 is 6.10 Å². The van der Waals surface area contributed by atoms with Crippen LogP contribution in [-0.2, 0) is 4.79 Å². The van der Waals surface area contributed by atoms with Crippen molar-refractivity contribution >= 4 is 38.9 Å². The number of aliphatic hydroxyl groups is 1. The summed E-state index contributed by atoms with van der Waals surface area (Å²) in [6, 6.07) is 14.7. The molecular formula is C18H16ClNO3S. The third kappa shape index (κ3) is 4.06. The highest BCUT2D eigenvalue weighted by atomic mass is 35.5. The van der Waals surface area contributed by atoms with Crippen LogP contribution in [0.2, 0.25) is 5.02 Å². The van der Waals surface area contributed by atoms with Gasteiger partial charge in [-0.2, -0.15) is 0 Å². The molecule has 1 amide bonds. The number of hydrogen-bond acceptors (Lipinski definition) is 4. The monoisotopic (exact) mass is 361 g/mol. The predicted octanol–water partition coefficient (Wildman–Crippen LogP) is 3.78. The molecule has 2 N–H and O–H groups in total. The molecule has 0 bridgehead atoms. The Morgan fingerprint density at radius 3 is 2.75 bits per heavy atom. The molecule has 4 nitrogen and oxygen atoms in total. The van der Waals surface area contributed by atoms with E-state index in [4.69, 9.17) is 16.3 Å². The fourth-order valence-corrected chi connectivity index (χ4v) is 3.44. The summed E-state index contributed by atoms with van der Waals surface area (Å²) in [5, 5.41) is 16.5. The Balaban J connectivity index is 1.51. The lowest BCUT2D eigenvalue weighted by atomic mass is 10.1. The molecule has 3 rings (SSSR count). The average Bonchev–Trinajstić information content (AvgIpc) is 3.03. The highest BCUT2D eigenvalue weighted by molar-refractivity contribution is 7.17. The second-order valence-electron chi connectivity index (χ2n) is 5.25. The van der Waals surface area contributed by atoms with Gasteiger partial charge in [-0.25, -0.2) is 0 Å². The molecular weight excluding hydrogens is 346 g/mol. The normalized spacial score (nSPS) is 12.1. The molecule has 1 aromatic heterocycles. The van der Waals surface area contributed by atoms with Crippen molar-refractivity contribution in [2.24, 2.45) is 0 Å². The molecule has 2 aromatic carbocycles. The number of benzene rings is 2. The number of carbonyl (C=O) groups is 1. The van der Waals surface area contributed by atoms with E-state index in [1.54, 1.807) is 35.6 Å². The lowest BCUT2D eigenvalue weighted by molar-refractivity contribution is -0.123. The van der Waals surface area contributed by atoms with Crippen molar-refractivity contribution in [1.29, 1.82) is 0 Å². The summed E-state index contributed by atoms with van der Waals surface area (Å²) >= 11 is 7.36. The maximum Gasteiger partial charge on any atom is 0.258 e. The van der Waals surface area contributed by atoms with E-state index in [9.17, 15) is 9.90 Å². The minimum Gasteiger partial charge on any atom is -0.484 e. The summed E-state index contributed by atoms with van der Waals surface area (Å²) in [6.07, 6.45) is -0.749. The smallest absolute Gasteiger partial charge is 0.258 e. The van der Waals surface area contributed by atoms with Crippen LogP contribution in [0.1, 0.15) is 11.7 Å². The van der Waals surface area contributed by atoms with Gasteiger partial charge in [0.25, 0.3) is 5.91 Å². The van der Waals surface area contributed by atoms with Gasteiger partial charge in [-0.15, -0.1) is 11.3 Å². The maximum atomic E-state index is 11.9. The van der Waals surface area contributed by atoms with Crippen molar-refractivity contribution in [2.75, 3.05) is 13.2 Å². The summed E-state index contributed by atoms with van der Waals surface area (Å²) in [5.74, 6) is 0.280. The summed E-state index contributed by atoms with van der Waals surface area (Å²) in [4.78, 5) is 11.9. The van der Waals surface area contributed by atoms with Crippen molar-refractivity contribution < 1.29 is 14.6 Å². The second kappa shape index (κ2) is 7.66. The number of carbonyl (C=O) groups excluding carboxylic acids is 1. The van der Waals surface area contributed by atoms with E-state index in [2.05, 4.69) is 5.32 Å². The van der Waals surface area contributed by atoms with E-state index in [0.717, 1.165) is 15.6 Å². The van der Waals surface area contributed by atoms with Crippen molar-refractivity contribution in [3.8, 4) is 5.75 Å². The molecule has 0 spiro atoms. The molecule has 3 aromatic rings. The molecule has 0 saturated carbocycles. The van der Waals surface area contributed by atoms with Crippen LogP contribution in [0.3, 0.4) is 0 Å². The van der Waals surface area contributed by atoms with Gasteiger partial charge in [0.2, 0.25) is 0 Å². The minimum atomic E-state index is -0.749. The summed E-state index contributed by atoms with van der Waals surface area (Å²) in [6.45, 7) is 0.0300. The van der Waals surface area contributed by atoms with Gasteiger partial charge < -0.3 is 15.2 Å². The molecule has 124 valence electrons. The first-order valence-corrected chi connectivity index (χ1v) is 8.68. The van der Waals surface area contributed by atoms with Gasteiger partial charge in [-0.05, 0) is 41.1 Å². The Kier molecular flexibility index (Phi) is 5.35. The van der Waals surface area contributed by atoms with Gasteiger partial charge in [-0.1, -0.05) is 29.8 Å². The molecule has 0 saturated heterocycles. The fourth-order valence-electron chi connectivity index (χ4n) is 2.31. The zero-order chi connectivity index (χ0) is 16.9. The Hall–Kier alpha value is -2.08. The number of amides is 1. The topological polar surface area (TPSA) is 58.6 Å². The van der Waals surface area contributed by atoms with Gasteiger partial charge in [0.15, 0.2) is 6.61 Å². The SMILES string of the molecule is O=C(COc1ccc(Cl)cc1)NCC(O)c1csc2ccccc12. The summed E-state index contributed by atoms with van der Waals surface area (Å²) in [5.41, 5.74) is 0.828. The molecule has 0 fully saturated rings. The third-order valence-electron chi connectivity index (χ3n) is 3.55. The molecule has 0 aliphatic rings. The minimum absolute atomic E-state index is 0.112. The lowest BCUT2D eigenvalue weighted by Gasteiger charge is -2.12. The van der Waals surface area contributed by atoms with Crippen LogP contribution in [0.5, 0.6) is 5.75 Å². The molecule has 6 heteroatoms. The zero-order valence-electron chi connectivity index (χ0n) is 12.7. The van der Waals surface area contributed by atoms with Crippen molar-refractivity contribution in [3.63, 3.8) is 0 Å². The van der Waals surface area contributed by atoms with E-state index >= 15 is 0 Å². The van der Waals surface area contributed by atoms with Gasteiger partial charge in [0.1, 0.15) is 5.75 Å². The molecule has 1 atom stereocenters. The first kappa shape index (κ1) is 16.8. The van der Waals surface area contributed by atoms with Crippen LogP contribution in [-0.4, -0.2) is 24.2 Å². The van der Waals surface area contributed by atoms with Crippen LogP contribution < -0.4 is 10.1 Å². The number of hydrogen-bond donors (Lipinski definition) is 2. The second-order valence-corrected chi connectivity index (χ2v) is 6.60. The zero-order valence-corrected chi connectivity index (χ0v) is 14.3. The molecule has 0 aliphatic carbocycles. The standard InChI is InChI=1S/C18H16ClNO3S/c19-12-5-7-13(8-6-12)23-10-18(22)20-9-16(21)15-11-24-17-4-2-1-3-14(15)17/h1-8,11,16,21H,9-10H2,(H,20,22). The highest BCUT2D eigenvalue weighted by Gasteiger charge is 2.14. The van der Waals surface area contributed by atoms with Crippen LogP contribution in [0.25, 0.3) is 10.1 Å². The van der Waals surface area contributed by atoms with E-state index in [1.165, 1.54) is 0 Å². The van der Waals surface area contributed by atoms with Crippen molar-refractivity contribution in [1.82, 2.24) is 5.32 Å². The Labute approximate surface area is 148 Å². The molecule has 1 heterocycles. The van der Waals surface area contributed by atoms with Gasteiger partial charge in [-0.3, -0.25) is 4.79 Å². The molecule has 24 heavy (non-hydrogen) atoms. The number of ether oxygens (including phenoxy) is 1. The van der Waals surface area contributed by atoms with Crippen LogP contribution in [0.15, 0.2) is 53.9 Å². The highest BCUT2D eigenvalue weighted by Crippen LogP contribution is 2.29. The third-order valence-corrected chi connectivity index (χ3v) is 4.78. The lowest BCUT2D eigenvalue weighted by Crippen LogP contribution is -2.32. The predicted molar refractivity (Wildman–Crippen MR) is 96.7 cm³/mol. The van der Waals surface area contributed by atoms with Gasteiger partial charge in [0, 0.05) is 21.8 Å². The largest absolute Gasteiger partial charge is 0.484 e. The van der Waals surface area contributed by atoms with E-state index in [0.29, 0.717) is 10.8 Å². The van der Waals surface area contributed by atoms with Crippen molar-refractivity contribution in [2.45, 2.75) is 6.10 Å².